The molecule has 1 fully saturated rings. The van der Waals surface area contributed by atoms with Crippen LogP contribution in [0.2, 0.25) is 5.15 Å². The predicted molar refractivity (Wildman–Crippen MR) is 92.3 cm³/mol. The Morgan fingerprint density at radius 2 is 2.04 bits per heavy atom. The van der Waals surface area contributed by atoms with E-state index >= 15 is 0 Å². The maximum atomic E-state index is 14.7. The van der Waals surface area contributed by atoms with Crippen LogP contribution in [-0.4, -0.2) is 35.8 Å². The maximum absolute atomic E-state index is 14.7. The lowest BCUT2D eigenvalue weighted by molar-refractivity contribution is -0.180. The summed E-state index contributed by atoms with van der Waals surface area (Å²) in [5.41, 5.74) is -2.81. The second-order valence-corrected chi connectivity index (χ2v) is 8.97. The van der Waals surface area contributed by atoms with Gasteiger partial charge in [-0.3, -0.25) is 4.79 Å². The number of amides is 1. The Labute approximate surface area is 162 Å². The number of aromatic nitrogens is 2. The van der Waals surface area contributed by atoms with Crippen molar-refractivity contribution in [2.75, 3.05) is 11.1 Å². The molecule has 2 aromatic rings. The predicted octanol–water partition coefficient (Wildman–Crippen LogP) is 3.58. The molecule has 2 aromatic heterocycles. The molecule has 1 amide bonds. The molecule has 0 aromatic carbocycles. The fourth-order valence-electron chi connectivity index (χ4n) is 2.82. The molecule has 0 bridgehead atoms. The number of anilines is 1. The van der Waals surface area contributed by atoms with Crippen molar-refractivity contribution in [3.8, 4) is 0 Å². The number of rotatable bonds is 5. The van der Waals surface area contributed by atoms with E-state index in [4.69, 9.17) is 11.6 Å². The topological polar surface area (TPSA) is 81.1 Å². The molecule has 1 aliphatic rings. The first-order chi connectivity index (χ1) is 12.9. The normalized spacial score (nSPS) is 16.1. The largest absolute Gasteiger partial charge is 0.395 e. The van der Waals surface area contributed by atoms with Crippen molar-refractivity contribution in [3.63, 3.8) is 0 Å². The van der Waals surface area contributed by atoms with E-state index in [1.165, 1.54) is 25.4 Å². The van der Waals surface area contributed by atoms with Crippen LogP contribution >= 0.6 is 11.6 Å². The highest BCUT2D eigenvalue weighted by Crippen LogP contribution is 2.58. The third-order valence-corrected chi connectivity index (χ3v) is 6.64. The second kappa shape index (κ2) is 6.73. The molecule has 0 radical (unpaired) electrons. The summed E-state index contributed by atoms with van der Waals surface area (Å²) >= 11 is 5.69. The molecule has 1 N–H and O–H groups in total. The summed E-state index contributed by atoms with van der Waals surface area (Å²) in [6, 6.07) is 2.67. The first-order valence-corrected chi connectivity index (χ1v) is 9.96. The second-order valence-electron chi connectivity index (χ2n) is 6.63. The van der Waals surface area contributed by atoms with Gasteiger partial charge in [0.25, 0.3) is 5.91 Å². The van der Waals surface area contributed by atoms with Crippen LogP contribution in [0.25, 0.3) is 0 Å². The Kier molecular flexibility index (Phi) is 4.95. The minimum absolute atomic E-state index is 0.0651. The summed E-state index contributed by atoms with van der Waals surface area (Å²) in [4.78, 5) is 15.1. The molecule has 1 aliphatic carbocycles. The summed E-state index contributed by atoms with van der Waals surface area (Å²) in [5, 5.41) is 2.40. The number of alkyl halides is 3. The van der Waals surface area contributed by atoms with Crippen molar-refractivity contribution in [3.05, 3.63) is 41.2 Å². The summed E-state index contributed by atoms with van der Waals surface area (Å²) < 4.78 is 79.8. The first-order valence-electron chi connectivity index (χ1n) is 7.93. The Hall–Kier alpha value is -2.14. The van der Waals surface area contributed by atoms with Gasteiger partial charge in [0.05, 0.1) is 11.2 Å². The van der Waals surface area contributed by atoms with Gasteiger partial charge in [-0.05, 0) is 25.0 Å². The van der Waals surface area contributed by atoms with E-state index in [0.29, 0.717) is 0 Å². The molecule has 0 spiro atoms. The summed E-state index contributed by atoms with van der Waals surface area (Å²) in [6.07, 6.45) is -3.28. The molecular formula is C16H14ClF4N3O3S. The fraction of sp³-hybridized carbons (Fsp3) is 0.375. The van der Waals surface area contributed by atoms with Gasteiger partial charge >= 0.3 is 6.18 Å². The molecule has 0 unspecified atom stereocenters. The highest BCUT2D eigenvalue weighted by Gasteiger charge is 2.65. The highest BCUT2D eigenvalue weighted by atomic mass is 35.5. The summed E-state index contributed by atoms with van der Waals surface area (Å²) in [7, 11) is -3.40. The average Bonchev–Trinajstić information content (AvgIpc) is 3.25. The van der Waals surface area contributed by atoms with Gasteiger partial charge in [0.2, 0.25) is 0 Å². The van der Waals surface area contributed by atoms with Gasteiger partial charge in [-0.25, -0.2) is 17.8 Å². The number of aryl methyl sites for hydroxylation is 1. The van der Waals surface area contributed by atoms with Crippen LogP contribution in [0.3, 0.4) is 0 Å². The number of carbonyl (C=O) groups excluding carboxylic acids is 1. The van der Waals surface area contributed by atoms with Crippen molar-refractivity contribution >= 4 is 33.0 Å². The molecule has 6 nitrogen and oxygen atoms in total. The quantitative estimate of drug-likeness (QED) is 0.570. The van der Waals surface area contributed by atoms with E-state index in [0.717, 1.165) is 10.8 Å². The lowest BCUT2D eigenvalue weighted by atomic mass is 10.1. The molecule has 152 valence electrons. The SMILES string of the molecule is Cn1cc(S(=O)(=O)CC2(C(F)(F)F)CC2)c(F)c1C(=O)Nc1ccnc(Cl)c1. The molecule has 12 heteroatoms. The number of halogens is 5. The average molecular weight is 440 g/mol. The molecule has 0 saturated heterocycles. The van der Waals surface area contributed by atoms with Crippen LogP contribution in [0.4, 0.5) is 23.2 Å². The molecular weight excluding hydrogens is 426 g/mol. The smallest absolute Gasteiger partial charge is 0.343 e. The third kappa shape index (κ3) is 3.72. The molecule has 28 heavy (non-hydrogen) atoms. The van der Waals surface area contributed by atoms with Crippen molar-refractivity contribution < 1.29 is 30.8 Å². The van der Waals surface area contributed by atoms with Gasteiger partial charge in [0.1, 0.15) is 15.7 Å². The van der Waals surface area contributed by atoms with Crippen molar-refractivity contribution in [2.45, 2.75) is 23.9 Å². The van der Waals surface area contributed by atoms with Crippen LogP contribution in [0.5, 0.6) is 0 Å². The third-order valence-electron chi connectivity index (χ3n) is 4.54. The monoisotopic (exact) mass is 439 g/mol. The van der Waals surface area contributed by atoms with Crippen molar-refractivity contribution in [1.29, 1.82) is 0 Å². The fourth-order valence-corrected chi connectivity index (χ4v) is 5.02. The molecule has 2 heterocycles. The number of nitrogens with zero attached hydrogens (tertiary/aromatic N) is 2. The summed E-state index contributed by atoms with van der Waals surface area (Å²) in [5.74, 6) is -3.65. The van der Waals surface area contributed by atoms with Gasteiger partial charge < -0.3 is 9.88 Å². The maximum Gasteiger partial charge on any atom is 0.395 e. The van der Waals surface area contributed by atoms with E-state index in [-0.39, 0.29) is 23.7 Å². The highest BCUT2D eigenvalue weighted by molar-refractivity contribution is 7.91. The van der Waals surface area contributed by atoms with Crippen LogP contribution in [-0.2, 0) is 16.9 Å². The van der Waals surface area contributed by atoms with Crippen LogP contribution in [0, 0.1) is 11.2 Å². The Bertz CT molecular complexity index is 1050. The Balaban J connectivity index is 1.90. The van der Waals surface area contributed by atoms with Crippen molar-refractivity contribution in [2.24, 2.45) is 12.5 Å². The molecule has 1 saturated carbocycles. The zero-order valence-electron chi connectivity index (χ0n) is 14.3. The number of sulfone groups is 1. The number of hydrogen-bond acceptors (Lipinski definition) is 4. The van der Waals surface area contributed by atoms with Crippen LogP contribution in [0.1, 0.15) is 23.3 Å². The zero-order valence-corrected chi connectivity index (χ0v) is 15.9. The van der Waals surface area contributed by atoms with Gasteiger partial charge in [-0.1, -0.05) is 11.6 Å². The standard InChI is InChI=1S/C16H14ClF4N3O3S/c1-24-7-10(28(26,27)8-15(3-4-15)16(19,20)21)12(18)13(24)14(25)23-9-2-5-22-11(17)6-9/h2,5-7H,3-4,8H2,1H3,(H,22,23,25). The van der Waals surface area contributed by atoms with Gasteiger partial charge in [0.15, 0.2) is 15.7 Å². The van der Waals surface area contributed by atoms with E-state index in [1.807, 2.05) is 0 Å². The lowest BCUT2D eigenvalue weighted by Crippen LogP contribution is -2.32. The van der Waals surface area contributed by atoms with Gasteiger partial charge in [0, 0.05) is 25.1 Å². The first kappa shape index (κ1) is 20.6. The minimum Gasteiger partial charge on any atom is -0.343 e. The van der Waals surface area contributed by atoms with E-state index < -0.39 is 49.5 Å². The molecule has 3 rings (SSSR count). The van der Waals surface area contributed by atoms with Crippen LogP contribution in [0.15, 0.2) is 29.4 Å². The van der Waals surface area contributed by atoms with Crippen LogP contribution < -0.4 is 5.32 Å². The molecule has 0 aliphatic heterocycles. The van der Waals surface area contributed by atoms with E-state index in [9.17, 15) is 30.8 Å². The Morgan fingerprint density at radius 3 is 2.57 bits per heavy atom. The van der Waals surface area contributed by atoms with E-state index in [2.05, 4.69) is 10.3 Å². The lowest BCUT2D eigenvalue weighted by Gasteiger charge is -2.18. The number of carbonyl (C=O) groups is 1. The minimum atomic E-state index is -4.70. The van der Waals surface area contributed by atoms with Crippen molar-refractivity contribution in [1.82, 2.24) is 9.55 Å². The number of nitrogens with one attached hydrogen (secondary N) is 1. The number of pyridine rings is 1. The zero-order chi connectivity index (χ0) is 20.9. The molecule has 0 atom stereocenters. The van der Waals surface area contributed by atoms with E-state index in [1.54, 1.807) is 0 Å². The Morgan fingerprint density at radius 1 is 1.39 bits per heavy atom. The van der Waals surface area contributed by atoms with Gasteiger partial charge in [-0.15, -0.1) is 0 Å². The number of hydrogen-bond donors (Lipinski definition) is 1. The summed E-state index contributed by atoms with van der Waals surface area (Å²) in [6.45, 7) is 0. The van der Waals surface area contributed by atoms with Gasteiger partial charge in [-0.2, -0.15) is 13.2 Å².